The minimum absolute atomic E-state index is 0.0380. The Kier molecular flexibility index (Phi) is 6.69. The van der Waals surface area contributed by atoms with Crippen LogP contribution in [0.2, 0.25) is 0 Å². The topological polar surface area (TPSA) is 58.6 Å². The molecule has 2 amide bonds. The van der Waals surface area contributed by atoms with Crippen LogP contribution in [0, 0.1) is 0 Å². The quantitative estimate of drug-likeness (QED) is 0.741. The molecule has 148 valence electrons. The van der Waals surface area contributed by atoms with Crippen LogP contribution < -0.4 is 15.0 Å². The van der Waals surface area contributed by atoms with Gasteiger partial charge in [-0.25, -0.2) is 0 Å². The summed E-state index contributed by atoms with van der Waals surface area (Å²) in [5, 5.41) is 2.89. The molecule has 0 fully saturated rings. The van der Waals surface area contributed by atoms with Gasteiger partial charge in [-0.15, -0.1) is 0 Å². The molecule has 0 saturated heterocycles. The summed E-state index contributed by atoms with van der Waals surface area (Å²) in [6.07, 6.45) is 4.24. The lowest BCUT2D eigenvalue weighted by atomic mass is 10.00. The zero-order valence-electron chi connectivity index (χ0n) is 16.7. The molecule has 5 heteroatoms. The number of carbonyl (C=O) groups is 2. The second-order valence-electron chi connectivity index (χ2n) is 7.08. The summed E-state index contributed by atoms with van der Waals surface area (Å²) < 4.78 is 5.56. The third-order valence-electron chi connectivity index (χ3n) is 5.00. The SMILES string of the molecule is CCCCN1C(=O)CCc2cc(NC(=O)COc3ccc(CC)cc3)ccc21. The molecule has 28 heavy (non-hydrogen) atoms. The van der Waals surface area contributed by atoms with E-state index in [0.29, 0.717) is 18.6 Å². The van der Waals surface area contributed by atoms with Gasteiger partial charge in [-0.2, -0.15) is 0 Å². The van der Waals surface area contributed by atoms with E-state index in [9.17, 15) is 9.59 Å². The molecular weight excluding hydrogens is 352 g/mol. The molecule has 1 aliphatic heterocycles. The highest BCUT2D eigenvalue weighted by atomic mass is 16.5. The number of unbranched alkanes of at least 4 members (excludes halogenated alkanes) is 1. The Labute approximate surface area is 166 Å². The highest BCUT2D eigenvalue weighted by Gasteiger charge is 2.23. The van der Waals surface area contributed by atoms with Crippen LogP contribution in [-0.2, 0) is 22.4 Å². The molecule has 0 unspecified atom stereocenters. The first-order valence-electron chi connectivity index (χ1n) is 10.1. The molecule has 1 aliphatic rings. The average molecular weight is 380 g/mol. The molecule has 1 N–H and O–H groups in total. The van der Waals surface area contributed by atoms with Gasteiger partial charge in [0.25, 0.3) is 5.91 Å². The molecule has 1 heterocycles. The van der Waals surface area contributed by atoms with Crippen molar-refractivity contribution in [3.05, 3.63) is 53.6 Å². The molecule has 0 atom stereocenters. The fourth-order valence-corrected chi connectivity index (χ4v) is 3.37. The zero-order chi connectivity index (χ0) is 19.9. The molecule has 0 aliphatic carbocycles. The predicted octanol–water partition coefficient (Wildman–Crippen LogP) is 4.35. The summed E-state index contributed by atoms with van der Waals surface area (Å²) >= 11 is 0. The lowest BCUT2D eigenvalue weighted by molar-refractivity contribution is -0.119. The molecule has 0 bridgehead atoms. The van der Waals surface area contributed by atoms with Crippen molar-refractivity contribution in [1.82, 2.24) is 0 Å². The molecule has 0 spiro atoms. The van der Waals surface area contributed by atoms with Crippen LogP contribution in [-0.4, -0.2) is 25.0 Å². The van der Waals surface area contributed by atoms with Crippen LogP contribution in [0.1, 0.15) is 44.2 Å². The molecule has 0 saturated carbocycles. The van der Waals surface area contributed by atoms with Crippen molar-refractivity contribution in [1.29, 1.82) is 0 Å². The fourth-order valence-electron chi connectivity index (χ4n) is 3.37. The Balaban J connectivity index is 1.59. The average Bonchev–Trinajstić information content (AvgIpc) is 2.72. The molecule has 5 nitrogen and oxygen atoms in total. The van der Waals surface area contributed by atoms with Crippen molar-refractivity contribution in [3.8, 4) is 5.75 Å². The normalized spacial score (nSPS) is 13.2. The van der Waals surface area contributed by atoms with Crippen LogP contribution in [0.5, 0.6) is 5.75 Å². The molecular formula is C23H28N2O3. The van der Waals surface area contributed by atoms with Crippen LogP contribution in [0.15, 0.2) is 42.5 Å². The first-order valence-corrected chi connectivity index (χ1v) is 10.1. The van der Waals surface area contributed by atoms with E-state index in [1.807, 2.05) is 47.4 Å². The third kappa shape index (κ3) is 4.91. The zero-order valence-corrected chi connectivity index (χ0v) is 16.7. The van der Waals surface area contributed by atoms with Gasteiger partial charge in [-0.05, 0) is 60.7 Å². The van der Waals surface area contributed by atoms with Gasteiger partial charge in [0.15, 0.2) is 6.61 Å². The Morgan fingerprint density at radius 2 is 1.89 bits per heavy atom. The van der Waals surface area contributed by atoms with Gasteiger partial charge in [0.05, 0.1) is 0 Å². The Morgan fingerprint density at radius 3 is 2.61 bits per heavy atom. The third-order valence-corrected chi connectivity index (χ3v) is 5.00. The standard InChI is InChI=1S/C23H28N2O3/c1-3-5-14-25-21-12-9-19(15-18(21)8-13-23(25)27)24-22(26)16-28-20-10-6-17(4-2)7-11-20/h6-7,9-12,15H,3-5,8,13-14,16H2,1-2H3,(H,24,26). The highest BCUT2D eigenvalue weighted by molar-refractivity contribution is 5.97. The van der Waals surface area contributed by atoms with E-state index in [-0.39, 0.29) is 18.4 Å². The van der Waals surface area contributed by atoms with Gasteiger partial charge in [0.1, 0.15) is 5.75 Å². The summed E-state index contributed by atoms with van der Waals surface area (Å²) in [6, 6.07) is 13.5. The second kappa shape index (κ2) is 9.40. The second-order valence-corrected chi connectivity index (χ2v) is 7.08. The molecule has 0 radical (unpaired) electrons. The summed E-state index contributed by atoms with van der Waals surface area (Å²) in [7, 11) is 0. The first-order chi connectivity index (χ1) is 13.6. The maximum absolute atomic E-state index is 12.2. The van der Waals surface area contributed by atoms with E-state index < -0.39 is 0 Å². The largest absolute Gasteiger partial charge is 0.484 e. The number of rotatable bonds is 8. The smallest absolute Gasteiger partial charge is 0.262 e. The van der Waals surface area contributed by atoms with Crippen molar-refractivity contribution >= 4 is 23.2 Å². The van der Waals surface area contributed by atoms with Crippen molar-refractivity contribution in [2.75, 3.05) is 23.4 Å². The number of anilines is 2. The number of carbonyl (C=O) groups excluding carboxylic acids is 2. The number of fused-ring (bicyclic) bond motifs is 1. The number of aryl methyl sites for hydroxylation is 2. The minimum Gasteiger partial charge on any atom is -0.484 e. The van der Waals surface area contributed by atoms with E-state index in [1.165, 1.54) is 5.56 Å². The van der Waals surface area contributed by atoms with Crippen molar-refractivity contribution in [2.24, 2.45) is 0 Å². The molecule has 0 aromatic heterocycles. The Morgan fingerprint density at radius 1 is 1.11 bits per heavy atom. The van der Waals surface area contributed by atoms with Crippen LogP contribution >= 0.6 is 0 Å². The van der Waals surface area contributed by atoms with Gasteiger partial charge in [0.2, 0.25) is 5.91 Å². The number of hydrogen-bond donors (Lipinski definition) is 1. The number of nitrogens with zero attached hydrogens (tertiary/aromatic N) is 1. The van der Waals surface area contributed by atoms with Crippen LogP contribution in [0.4, 0.5) is 11.4 Å². The van der Waals surface area contributed by atoms with Gasteiger partial charge >= 0.3 is 0 Å². The predicted molar refractivity (Wildman–Crippen MR) is 112 cm³/mol. The lowest BCUT2D eigenvalue weighted by Crippen LogP contribution is -2.35. The highest BCUT2D eigenvalue weighted by Crippen LogP contribution is 2.30. The monoisotopic (exact) mass is 380 g/mol. The van der Waals surface area contributed by atoms with Gasteiger partial charge < -0.3 is 15.0 Å². The maximum Gasteiger partial charge on any atom is 0.262 e. The summed E-state index contributed by atoms with van der Waals surface area (Å²) in [5.74, 6) is 0.664. The number of nitrogens with one attached hydrogen (secondary N) is 1. The van der Waals surface area contributed by atoms with Crippen molar-refractivity contribution in [2.45, 2.75) is 46.0 Å². The van der Waals surface area contributed by atoms with E-state index in [2.05, 4.69) is 19.2 Å². The van der Waals surface area contributed by atoms with Crippen molar-refractivity contribution in [3.63, 3.8) is 0 Å². The van der Waals surface area contributed by atoms with Gasteiger partial charge in [-0.1, -0.05) is 32.4 Å². The summed E-state index contributed by atoms with van der Waals surface area (Å²) in [5.41, 5.74) is 4.04. The summed E-state index contributed by atoms with van der Waals surface area (Å²) in [4.78, 5) is 26.3. The Hall–Kier alpha value is -2.82. The lowest BCUT2D eigenvalue weighted by Gasteiger charge is -2.29. The van der Waals surface area contributed by atoms with E-state index in [4.69, 9.17) is 4.74 Å². The van der Waals surface area contributed by atoms with Crippen molar-refractivity contribution < 1.29 is 14.3 Å². The number of hydrogen-bond acceptors (Lipinski definition) is 3. The number of amides is 2. The number of ether oxygens (including phenoxy) is 1. The molecule has 3 rings (SSSR count). The van der Waals surface area contributed by atoms with Gasteiger partial charge in [-0.3, -0.25) is 9.59 Å². The Bertz CT molecular complexity index is 830. The fraction of sp³-hybridized carbons (Fsp3) is 0.391. The number of benzene rings is 2. The maximum atomic E-state index is 12.2. The summed E-state index contributed by atoms with van der Waals surface area (Å²) in [6.45, 7) is 4.93. The minimum atomic E-state index is -0.200. The first kappa shape index (κ1) is 19.9. The van der Waals surface area contributed by atoms with E-state index in [0.717, 1.165) is 42.7 Å². The molecule has 2 aromatic carbocycles. The molecule has 2 aromatic rings. The van der Waals surface area contributed by atoms with E-state index in [1.54, 1.807) is 0 Å². The van der Waals surface area contributed by atoms with E-state index >= 15 is 0 Å². The van der Waals surface area contributed by atoms with Gasteiger partial charge in [0, 0.05) is 24.3 Å². The van der Waals surface area contributed by atoms with Crippen LogP contribution in [0.25, 0.3) is 0 Å². The van der Waals surface area contributed by atoms with Crippen LogP contribution in [0.3, 0.4) is 0 Å².